The average molecular weight is 424 g/mol. The van der Waals surface area contributed by atoms with Crippen LogP contribution in [0.2, 0.25) is 0 Å². The molecule has 1 N–H and O–H groups in total. The number of hydrogen-bond donors (Lipinski definition) is 1. The Labute approximate surface area is 178 Å². The van der Waals surface area contributed by atoms with Crippen LogP contribution in [0.3, 0.4) is 0 Å². The Balaban J connectivity index is 1.52. The highest BCUT2D eigenvalue weighted by Gasteiger charge is 2.35. The number of thiophene rings is 1. The average Bonchev–Trinajstić information content (AvgIpc) is 3.39. The number of nitrogens with one attached hydrogen (secondary N) is 1. The number of rotatable bonds is 4. The van der Waals surface area contributed by atoms with Crippen LogP contribution in [0.5, 0.6) is 0 Å². The molecular weight excluding hydrogens is 402 g/mol. The van der Waals surface area contributed by atoms with E-state index in [9.17, 15) is 9.59 Å². The summed E-state index contributed by atoms with van der Waals surface area (Å²) in [6, 6.07) is 12.9. The molecule has 0 bridgehead atoms. The molecule has 1 aromatic carbocycles. The fourth-order valence-corrected chi connectivity index (χ4v) is 5.12. The first-order valence-corrected chi connectivity index (χ1v) is 11.4. The number of pyridine rings is 1. The van der Waals surface area contributed by atoms with E-state index in [1.807, 2.05) is 67.1 Å². The number of benzene rings is 1. The van der Waals surface area contributed by atoms with Crippen LogP contribution in [0.15, 0.2) is 53.2 Å². The summed E-state index contributed by atoms with van der Waals surface area (Å²) >= 11 is 3.20. The van der Waals surface area contributed by atoms with Gasteiger partial charge in [-0.2, -0.15) is 11.3 Å². The highest BCUT2D eigenvalue weighted by Crippen LogP contribution is 2.27. The molecule has 2 amide bonds. The maximum absolute atomic E-state index is 13.2. The second-order valence-electron chi connectivity index (χ2n) is 6.99. The molecule has 0 aliphatic carbocycles. The lowest BCUT2D eigenvalue weighted by Crippen LogP contribution is -2.44. The first-order chi connectivity index (χ1) is 14.0. The molecule has 0 saturated carbocycles. The number of carbonyl (C=O) groups is 2. The molecule has 1 fully saturated rings. The highest BCUT2D eigenvalue weighted by molar-refractivity contribution is 7.99. The van der Waals surface area contributed by atoms with E-state index in [0.717, 1.165) is 22.5 Å². The Bertz CT molecular complexity index is 1050. The van der Waals surface area contributed by atoms with Crippen molar-refractivity contribution >= 4 is 40.6 Å². The van der Waals surface area contributed by atoms with E-state index >= 15 is 0 Å². The number of amides is 2. The van der Waals surface area contributed by atoms with E-state index in [2.05, 4.69) is 10.3 Å². The van der Waals surface area contributed by atoms with Crippen LogP contribution in [0.4, 0.5) is 5.69 Å². The molecule has 1 saturated heterocycles. The lowest BCUT2D eigenvalue weighted by Gasteiger charge is -2.24. The zero-order valence-corrected chi connectivity index (χ0v) is 17.8. The topological polar surface area (TPSA) is 62.3 Å². The lowest BCUT2D eigenvalue weighted by atomic mass is 10.1. The summed E-state index contributed by atoms with van der Waals surface area (Å²) in [5.74, 6) is 0.773. The van der Waals surface area contributed by atoms with Gasteiger partial charge in [0, 0.05) is 22.4 Å². The molecule has 29 heavy (non-hydrogen) atoms. The van der Waals surface area contributed by atoms with Crippen molar-refractivity contribution in [2.45, 2.75) is 19.9 Å². The predicted molar refractivity (Wildman–Crippen MR) is 119 cm³/mol. The monoisotopic (exact) mass is 423 g/mol. The smallest absolute Gasteiger partial charge is 0.257 e. The zero-order valence-electron chi connectivity index (χ0n) is 16.2. The molecule has 4 rings (SSSR count). The van der Waals surface area contributed by atoms with Crippen LogP contribution in [-0.4, -0.2) is 39.4 Å². The molecule has 1 aliphatic heterocycles. The van der Waals surface area contributed by atoms with E-state index in [1.54, 1.807) is 28.0 Å². The summed E-state index contributed by atoms with van der Waals surface area (Å²) in [7, 11) is 0. The SMILES string of the molecule is Cc1cccc(NC(=O)C2CSCN2C(=O)c2ccc(-c3ccsc3)nc2C)c1. The molecule has 1 atom stereocenters. The van der Waals surface area contributed by atoms with Crippen molar-refractivity contribution in [2.24, 2.45) is 0 Å². The van der Waals surface area contributed by atoms with Gasteiger partial charge in [-0.1, -0.05) is 12.1 Å². The number of hydrogen-bond acceptors (Lipinski definition) is 5. The number of anilines is 1. The first-order valence-electron chi connectivity index (χ1n) is 9.29. The number of nitrogens with zero attached hydrogens (tertiary/aromatic N) is 2. The number of thioether (sulfide) groups is 1. The van der Waals surface area contributed by atoms with Crippen LogP contribution in [0.25, 0.3) is 11.3 Å². The first kappa shape index (κ1) is 19.7. The molecule has 1 aliphatic rings. The quantitative estimate of drug-likeness (QED) is 0.667. The Morgan fingerprint density at radius 1 is 1.17 bits per heavy atom. The Kier molecular flexibility index (Phi) is 5.69. The van der Waals surface area contributed by atoms with Gasteiger partial charge in [-0.3, -0.25) is 14.6 Å². The third kappa shape index (κ3) is 4.21. The van der Waals surface area contributed by atoms with Crippen LogP contribution in [0, 0.1) is 13.8 Å². The van der Waals surface area contributed by atoms with Crippen molar-refractivity contribution in [1.82, 2.24) is 9.88 Å². The second-order valence-corrected chi connectivity index (χ2v) is 8.77. The molecule has 0 spiro atoms. The fraction of sp³-hybridized carbons (Fsp3) is 0.227. The van der Waals surface area contributed by atoms with Gasteiger partial charge in [-0.05, 0) is 55.1 Å². The number of aryl methyl sites for hydroxylation is 2. The normalized spacial score (nSPS) is 16.1. The predicted octanol–water partition coefficient (Wildman–Crippen LogP) is 4.58. The Morgan fingerprint density at radius 3 is 2.76 bits per heavy atom. The van der Waals surface area contributed by atoms with Gasteiger partial charge in [-0.15, -0.1) is 11.8 Å². The van der Waals surface area contributed by atoms with Crippen molar-refractivity contribution < 1.29 is 9.59 Å². The molecule has 3 aromatic rings. The summed E-state index contributed by atoms with van der Waals surface area (Å²) in [4.78, 5) is 32.3. The van der Waals surface area contributed by atoms with Crippen LogP contribution < -0.4 is 5.32 Å². The largest absolute Gasteiger partial charge is 0.324 e. The molecular formula is C22H21N3O2S2. The molecule has 7 heteroatoms. The van der Waals surface area contributed by atoms with E-state index in [-0.39, 0.29) is 11.8 Å². The number of carbonyl (C=O) groups excluding carboxylic acids is 2. The second kappa shape index (κ2) is 8.39. The van der Waals surface area contributed by atoms with Gasteiger partial charge in [-0.25, -0.2) is 0 Å². The summed E-state index contributed by atoms with van der Waals surface area (Å²) in [5.41, 5.74) is 4.93. The van der Waals surface area contributed by atoms with E-state index < -0.39 is 6.04 Å². The third-order valence-electron chi connectivity index (χ3n) is 4.86. The maximum atomic E-state index is 13.2. The van der Waals surface area contributed by atoms with E-state index in [0.29, 0.717) is 22.9 Å². The third-order valence-corrected chi connectivity index (χ3v) is 6.56. The van der Waals surface area contributed by atoms with Gasteiger partial charge in [0.15, 0.2) is 0 Å². The van der Waals surface area contributed by atoms with E-state index in [4.69, 9.17) is 0 Å². The van der Waals surface area contributed by atoms with Crippen molar-refractivity contribution in [3.63, 3.8) is 0 Å². The molecule has 5 nitrogen and oxygen atoms in total. The van der Waals surface area contributed by atoms with Crippen molar-refractivity contribution in [3.8, 4) is 11.3 Å². The summed E-state index contributed by atoms with van der Waals surface area (Å²) in [5, 5.41) is 6.98. The molecule has 2 aromatic heterocycles. The van der Waals surface area contributed by atoms with Crippen LogP contribution >= 0.6 is 23.1 Å². The van der Waals surface area contributed by atoms with Gasteiger partial charge >= 0.3 is 0 Å². The standard InChI is InChI=1S/C22H21N3O2S2/c1-14-4-3-5-17(10-14)24-21(26)20-12-29-13-25(20)22(27)18-6-7-19(23-15(18)2)16-8-9-28-11-16/h3-11,20H,12-13H2,1-2H3,(H,24,26). The van der Waals surface area contributed by atoms with E-state index in [1.165, 1.54) is 0 Å². The highest BCUT2D eigenvalue weighted by atomic mass is 32.2. The Hall–Kier alpha value is -2.64. The van der Waals surface area contributed by atoms with Gasteiger partial charge in [0.25, 0.3) is 5.91 Å². The summed E-state index contributed by atoms with van der Waals surface area (Å²) in [6.07, 6.45) is 0. The van der Waals surface area contributed by atoms with Gasteiger partial charge in [0.05, 0.1) is 22.8 Å². The zero-order chi connectivity index (χ0) is 20.4. The van der Waals surface area contributed by atoms with Crippen LogP contribution in [0.1, 0.15) is 21.6 Å². The van der Waals surface area contributed by atoms with Crippen molar-refractivity contribution in [2.75, 3.05) is 16.9 Å². The maximum Gasteiger partial charge on any atom is 0.257 e. The van der Waals surface area contributed by atoms with Gasteiger partial charge in [0.1, 0.15) is 6.04 Å². The fourth-order valence-electron chi connectivity index (χ4n) is 3.32. The number of aromatic nitrogens is 1. The minimum absolute atomic E-state index is 0.152. The van der Waals surface area contributed by atoms with Crippen molar-refractivity contribution in [1.29, 1.82) is 0 Å². The van der Waals surface area contributed by atoms with Gasteiger partial charge in [0.2, 0.25) is 5.91 Å². The summed E-state index contributed by atoms with van der Waals surface area (Å²) < 4.78 is 0. The van der Waals surface area contributed by atoms with Gasteiger partial charge < -0.3 is 10.2 Å². The molecule has 0 radical (unpaired) electrons. The Morgan fingerprint density at radius 2 is 2.03 bits per heavy atom. The summed E-state index contributed by atoms with van der Waals surface area (Å²) in [6.45, 7) is 3.82. The molecule has 148 valence electrons. The lowest BCUT2D eigenvalue weighted by molar-refractivity contribution is -0.119. The minimum atomic E-state index is -0.496. The van der Waals surface area contributed by atoms with Crippen LogP contribution in [-0.2, 0) is 4.79 Å². The minimum Gasteiger partial charge on any atom is -0.324 e. The molecule has 3 heterocycles. The molecule has 1 unspecified atom stereocenters. The van der Waals surface area contributed by atoms with Crippen molar-refractivity contribution in [3.05, 3.63) is 70.0 Å².